The number of nitrogen functional groups attached to an aromatic ring is 1. The summed E-state index contributed by atoms with van der Waals surface area (Å²) in [4.78, 5) is 79.6. The van der Waals surface area contributed by atoms with Crippen LogP contribution in [0.2, 0.25) is 0 Å². The van der Waals surface area contributed by atoms with Crippen molar-refractivity contribution >= 4 is 29.4 Å². The van der Waals surface area contributed by atoms with Crippen molar-refractivity contribution in [1.29, 1.82) is 0 Å². The van der Waals surface area contributed by atoms with Crippen molar-refractivity contribution in [1.82, 2.24) is 49.6 Å². The third kappa shape index (κ3) is 16.5. The van der Waals surface area contributed by atoms with Gasteiger partial charge in [-0.3, -0.25) is 44.0 Å². The van der Waals surface area contributed by atoms with E-state index in [0.717, 1.165) is 178 Å². The van der Waals surface area contributed by atoms with Crippen molar-refractivity contribution < 1.29 is 19.3 Å². The molecular weight excluding hydrogens is 1070 g/mol. The van der Waals surface area contributed by atoms with E-state index in [-0.39, 0.29) is 28.3 Å². The fourth-order valence-corrected chi connectivity index (χ4v) is 12.2. The van der Waals surface area contributed by atoms with E-state index in [1.54, 1.807) is 37.4 Å². The van der Waals surface area contributed by atoms with Gasteiger partial charge >= 0.3 is 0 Å². The lowest BCUT2D eigenvalue weighted by atomic mass is 9.93. The minimum atomic E-state index is -0.0723. The van der Waals surface area contributed by atoms with Gasteiger partial charge in [-0.2, -0.15) is 0 Å². The first-order valence-electron chi connectivity index (χ1n) is 30.1. The number of benzene rings is 2. The molecule has 6 fully saturated rings. The monoisotopic (exact) mass is 1150 g/mol. The number of H-pyrrole nitrogens is 3. The highest BCUT2D eigenvalue weighted by Crippen LogP contribution is 2.32. The van der Waals surface area contributed by atoms with E-state index in [1.165, 1.54) is 16.8 Å². The molecule has 22 heteroatoms. The lowest BCUT2D eigenvalue weighted by Crippen LogP contribution is -2.39. The van der Waals surface area contributed by atoms with Gasteiger partial charge in [-0.1, -0.05) is 24.3 Å². The Morgan fingerprint density at radius 3 is 1.49 bits per heavy atom. The molecular formula is C62H85N15O7. The molecule has 12 rings (SSSR count). The number of morpholine rings is 2. The molecule has 0 spiro atoms. The van der Waals surface area contributed by atoms with Crippen LogP contribution < -0.4 is 46.7 Å². The number of nitrogens with one attached hydrogen (secondary N) is 3. The van der Waals surface area contributed by atoms with Crippen LogP contribution in [0.4, 0.5) is 29.4 Å². The molecule has 1 atom stereocenters. The molecule has 2 aromatic carbocycles. The second-order valence-corrected chi connectivity index (χ2v) is 23.2. The minimum Gasteiger partial charge on any atom is -0.504 e. The quantitative estimate of drug-likeness (QED) is 0.0906. The van der Waals surface area contributed by atoms with E-state index >= 15 is 0 Å². The first-order valence-corrected chi connectivity index (χ1v) is 30.1. The Balaban J connectivity index is 0.000000140. The fourth-order valence-electron chi connectivity index (χ4n) is 12.2. The Kier molecular flexibility index (Phi) is 20.6. The Hall–Kier alpha value is -7.37. The maximum Gasteiger partial charge on any atom is 0.252 e. The van der Waals surface area contributed by atoms with E-state index in [1.807, 2.05) is 24.4 Å². The van der Waals surface area contributed by atoms with Gasteiger partial charge in [0.2, 0.25) is 17.8 Å². The molecule has 84 heavy (non-hydrogen) atoms. The second-order valence-electron chi connectivity index (χ2n) is 23.2. The van der Waals surface area contributed by atoms with Gasteiger partial charge < -0.3 is 44.7 Å². The number of phenols is 1. The van der Waals surface area contributed by atoms with Crippen molar-refractivity contribution in [3.8, 4) is 11.5 Å². The highest BCUT2D eigenvalue weighted by Gasteiger charge is 2.28. The van der Waals surface area contributed by atoms with E-state index < -0.39 is 0 Å². The van der Waals surface area contributed by atoms with Crippen molar-refractivity contribution in [2.75, 3.05) is 152 Å². The molecule has 0 aliphatic carbocycles. The number of nitrogens with zero attached hydrogens (tertiary/aromatic N) is 11. The number of piperidine rings is 3. The number of phenolic OH excluding ortho intramolecular Hbond substituents is 1. The van der Waals surface area contributed by atoms with Crippen LogP contribution in [0.25, 0.3) is 0 Å². The number of nitrogens with two attached hydrogens (primary N) is 1. The molecule has 0 bridgehead atoms. The summed E-state index contributed by atoms with van der Waals surface area (Å²) in [5, 5.41) is 10.0. The maximum absolute atomic E-state index is 12.2. The van der Waals surface area contributed by atoms with Crippen LogP contribution in [-0.2, 0) is 29.1 Å². The van der Waals surface area contributed by atoms with Crippen molar-refractivity contribution in [2.24, 2.45) is 0 Å². The largest absolute Gasteiger partial charge is 0.504 e. The summed E-state index contributed by atoms with van der Waals surface area (Å²) in [6.07, 6.45) is 10.3. The topological polar surface area (TPSA) is 247 Å². The second kappa shape index (κ2) is 28.9. The molecule has 0 amide bonds. The number of likely N-dealkylation sites (tertiary alicyclic amines) is 3. The molecule has 6 saturated heterocycles. The summed E-state index contributed by atoms with van der Waals surface area (Å²) in [6, 6.07) is 23.2. The van der Waals surface area contributed by atoms with Crippen molar-refractivity contribution in [3.63, 3.8) is 0 Å². The van der Waals surface area contributed by atoms with Crippen LogP contribution in [0.15, 0.2) is 93.4 Å². The third-order valence-corrected chi connectivity index (χ3v) is 17.0. The smallest absolute Gasteiger partial charge is 0.252 e. The first kappa shape index (κ1) is 59.8. The number of hydrogen-bond donors (Lipinski definition) is 5. The van der Waals surface area contributed by atoms with E-state index in [2.05, 4.69) is 92.6 Å². The highest BCUT2D eigenvalue weighted by molar-refractivity contribution is 5.46. The number of anilines is 5. The molecule has 0 radical (unpaired) electrons. The van der Waals surface area contributed by atoms with Crippen molar-refractivity contribution in [2.45, 2.75) is 88.8 Å². The minimum absolute atomic E-state index is 0.0556. The predicted octanol–water partition coefficient (Wildman–Crippen LogP) is 5.48. The number of methoxy groups -OCH3 is 1. The van der Waals surface area contributed by atoms with Gasteiger partial charge in [0.25, 0.3) is 16.7 Å². The third-order valence-electron chi connectivity index (χ3n) is 17.0. The molecule has 1 unspecified atom stereocenters. The molecule has 0 saturated carbocycles. The van der Waals surface area contributed by atoms with Crippen molar-refractivity contribution in [3.05, 3.63) is 144 Å². The number of pyridine rings is 1. The van der Waals surface area contributed by atoms with Gasteiger partial charge in [-0.15, -0.1) is 0 Å². The van der Waals surface area contributed by atoms with Crippen LogP contribution in [-0.4, -0.2) is 181 Å². The lowest BCUT2D eigenvalue weighted by Gasteiger charge is -2.32. The normalized spacial score (nSPS) is 19.5. The first-order chi connectivity index (χ1) is 40.9. The number of ether oxygens (including phenoxy) is 3. The van der Waals surface area contributed by atoms with Gasteiger partial charge in [0.05, 0.1) is 50.6 Å². The van der Waals surface area contributed by atoms with Gasteiger partial charge in [-0.05, 0) is 131 Å². The van der Waals surface area contributed by atoms with Gasteiger partial charge in [-0.25, -0.2) is 19.9 Å². The zero-order valence-electron chi connectivity index (χ0n) is 49.2. The summed E-state index contributed by atoms with van der Waals surface area (Å²) in [6.45, 7) is 16.2. The van der Waals surface area contributed by atoms with Crippen LogP contribution in [0.1, 0.15) is 103 Å². The molecule has 450 valence electrons. The Morgan fingerprint density at radius 2 is 1.01 bits per heavy atom. The standard InChI is InChI=1S/C22H31N5O2.C21H28N4O3.C19H26N6O2/c1-25(2)19-5-3-17(4-6-19)16-26-9-7-18(8-10-26)20-15-21(28)24-22(23-20)27-11-13-29-14-12-27;1-28-19-7-6-15(11-18(19)26)13-24-8-4-5-16(14-24)17-12-20(27)23-21(22-17)25-9-2-3-10-25;20-17-2-1-14(12-21-17)13-24-5-3-15(4-6-24)16-11-18(26)23-19(22-16)25-7-9-27-10-8-25/h3-6,15,18H,7-14,16H2,1-2H3,(H,23,24,28);6-7,11-12,16,26H,2-5,8-10,13-14H2,1H3,(H,22,23,27);1-2,11-12,15H,3-10,13H2,(H2,20,21)(H,22,23,26). The lowest BCUT2D eigenvalue weighted by molar-refractivity contribution is 0.122. The van der Waals surface area contributed by atoms with E-state index in [0.29, 0.717) is 61.7 Å². The van der Waals surface area contributed by atoms with Gasteiger partial charge in [0.1, 0.15) is 5.82 Å². The number of rotatable bonds is 14. The summed E-state index contributed by atoms with van der Waals surface area (Å²) < 4.78 is 15.9. The van der Waals surface area contributed by atoms with Crippen LogP contribution in [0, 0.1) is 0 Å². The molecule has 6 N–H and O–H groups in total. The summed E-state index contributed by atoms with van der Waals surface area (Å²) in [7, 11) is 5.68. The van der Waals surface area contributed by atoms with Crippen LogP contribution in [0.3, 0.4) is 0 Å². The number of aromatic amines is 3. The van der Waals surface area contributed by atoms with Gasteiger partial charge in [0, 0.05) is 127 Å². The number of aromatic nitrogens is 7. The van der Waals surface area contributed by atoms with E-state index in [4.69, 9.17) is 34.9 Å². The Labute approximate surface area is 492 Å². The summed E-state index contributed by atoms with van der Waals surface area (Å²) >= 11 is 0. The number of hydrogen-bond acceptors (Lipinski definition) is 19. The Morgan fingerprint density at radius 1 is 0.548 bits per heavy atom. The number of aromatic hydroxyl groups is 1. The highest BCUT2D eigenvalue weighted by atomic mass is 16.5. The maximum atomic E-state index is 12.2. The van der Waals surface area contributed by atoms with Crippen LogP contribution >= 0.6 is 0 Å². The zero-order chi connectivity index (χ0) is 58.4. The summed E-state index contributed by atoms with van der Waals surface area (Å²) in [5.41, 5.74) is 13.0. The molecule has 6 aliphatic rings. The molecule has 22 nitrogen and oxygen atoms in total. The van der Waals surface area contributed by atoms with Crippen LogP contribution in [0.5, 0.6) is 11.5 Å². The Bertz CT molecular complexity index is 3210. The fraction of sp³-hybridized carbons (Fsp3) is 0.532. The summed E-state index contributed by atoms with van der Waals surface area (Å²) in [5.74, 6) is 4.23. The molecule has 6 aromatic rings. The average Bonchev–Trinajstić information content (AvgIpc) is 4.07. The average molecular weight is 1150 g/mol. The van der Waals surface area contributed by atoms with Gasteiger partial charge in [0.15, 0.2) is 11.5 Å². The molecule has 6 aliphatic heterocycles. The SMILES string of the molecule is CN(C)c1ccc(CN2CCC(c3cc(=O)[nH]c(N4CCOCC4)n3)CC2)cc1.COc1ccc(CN2CCCC(c3cc(=O)[nH]c(N4CCCC4)n3)C2)cc1O.Nc1ccc(CN2CCC(c3cc(=O)[nH]c(N4CCOCC4)n3)CC2)cn1. The van der Waals surface area contributed by atoms with E-state index in [9.17, 15) is 19.5 Å². The molecule has 4 aromatic heterocycles. The predicted molar refractivity (Wildman–Crippen MR) is 328 cm³/mol. The molecule has 10 heterocycles. The zero-order valence-corrected chi connectivity index (χ0v) is 49.2.